The molecule has 7 rings (SSSR count). The molecule has 0 aliphatic carbocycles. The Morgan fingerprint density at radius 3 is 2.29 bits per heavy atom. The van der Waals surface area contributed by atoms with Crippen molar-refractivity contribution in [3.63, 3.8) is 0 Å². The number of hydrogen-bond donors (Lipinski definition) is 0. The van der Waals surface area contributed by atoms with Crippen molar-refractivity contribution in [3.8, 4) is 11.3 Å². The van der Waals surface area contributed by atoms with Crippen molar-refractivity contribution in [2.75, 3.05) is 0 Å². The normalized spacial score (nSPS) is 11.8. The Morgan fingerprint density at radius 2 is 1.43 bits per heavy atom. The van der Waals surface area contributed by atoms with Gasteiger partial charge in [-0.3, -0.25) is 0 Å². The van der Waals surface area contributed by atoms with Crippen LogP contribution in [-0.4, -0.2) is 0 Å². The number of furan rings is 2. The van der Waals surface area contributed by atoms with E-state index in [0.717, 1.165) is 65.9 Å². The second-order valence-corrected chi connectivity index (χ2v) is 9.24. The van der Waals surface area contributed by atoms with Gasteiger partial charge in [-0.05, 0) is 55.3 Å². The van der Waals surface area contributed by atoms with E-state index in [1.807, 2.05) is 30.3 Å². The van der Waals surface area contributed by atoms with Crippen molar-refractivity contribution >= 4 is 60.3 Å². The summed E-state index contributed by atoms with van der Waals surface area (Å²) in [5.41, 5.74) is 8.59. The van der Waals surface area contributed by atoms with Gasteiger partial charge >= 0.3 is 0 Å². The van der Waals surface area contributed by atoms with Crippen LogP contribution < -0.4 is 4.57 Å². The number of nitrogens with zero attached hydrogens (tertiary/aromatic N) is 2. The number of hydrogen-bond acceptors (Lipinski definition) is 2. The fourth-order valence-corrected chi connectivity index (χ4v) is 5.42. The first-order valence-electron chi connectivity index (χ1n) is 11.6. The summed E-state index contributed by atoms with van der Waals surface area (Å²) >= 11 is 0. The minimum absolute atomic E-state index is 0.579. The van der Waals surface area contributed by atoms with Gasteiger partial charge in [0.05, 0.1) is 17.5 Å². The van der Waals surface area contributed by atoms with Gasteiger partial charge in [0.1, 0.15) is 29.4 Å². The Bertz CT molecular complexity index is 2050. The van der Waals surface area contributed by atoms with Gasteiger partial charge in [-0.15, -0.1) is 0 Å². The third-order valence-corrected chi connectivity index (χ3v) is 7.29. The van der Waals surface area contributed by atoms with Crippen molar-refractivity contribution < 1.29 is 13.4 Å². The van der Waals surface area contributed by atoms with Gasteiger partial charge in [0, 0.05) is 33.0 Å². The highest BCUT2D eigenvalue weighted by atomic mass is 16.3. The molecule has 0 spiro atoms. The molecule has 0 unspecified atom stereocenters. The highest BCUT2D eigenvalue weighted by molar-refractivity contribution is 6.18. The number of rotatable bonds is 1. The minimum atomic E-state index is 0.579. The zero-order chi connectivity index (χ0) is 23.8. The molecule has 166 valence electrons. The fraction of sp³-hybridized carbons (Fsp3) is 0.0968. The molecule has 3 heterocycles. The van der Waals surface area contributed by atoms with E-state index in [9.17, 15) is 0 Å². The van der Waals surface area contributed by atoms with E-state index in [1.54, 1.807) is 0 Å². The lowest BCUT2D eigenvalue weighted by Gasteiger charge is -2.11. The molecular weight excluding hydrogens is 432 g/mol. The smallest absolute Gasteiger partial charge is 0.224 e. The van der Waals surface area contributed by atoms with Crippen molar-refractivity contribution in [2.45, 2.75) is 13.8 Å². The van der Waals surface area contributed by atoms with Crippen LogP contribution in [0.25, 0.3) is 70.8 Å². The van der Waals surface area contributed by atoms with Crippen LogP contribution in [0.3, 0.4) is 0 Å². The maximum Gasteiger partial charge on any atom is 0.224 e. The van der Waals surface area contributed by atoms with Crippen LogP contribution >= 0.6 is 0 Å². The molecule has 7 aromatic rings. The number of fused-ring (bicyclic) bond motifs is 8. The number of aromatic nitrogens is 1. The third kappa shape index (κ3) is 2.64. The van der Waals surface area contributed by atoms with E-state index in [-0.39, 0.29) is 0 Å². The van der Waals surface area contributed by atoms with Crippen molar-refractivity contribution in [1.29, 1.82) is 0 Å². The molecule has 35 heavy (non-hydrogen) atoms. The number of pyridine rings is 1. The lowest BCUT2D eigenvalue weighted by Crippen LogP contribution is -2.30. The Morgan fingerprint density at radius 1 is 0.714 bits per heavy atom. The first-order chi connectivity index (χ1) is 17.0. The second-order valence-electron chi connectivity index (χ2n) is 9.24. The van der Waals surface area contributed by atoms with Gasteiger partial charge in [-0.25, -0.2) is 9.41 Å². The topological polar surface area (TPSA) is 34.5 Å². The Labute approximate surface area is 201 Å². The second kappa shape index (κ2) is 6.94. The largest absolute Gasteiger partial charge is 0.457 e. The molecule has 0 aliphatic heterocycles. The number of benzene rings is 4. The third-order valence-electron chi connectivity index (χ3n) is 7.29. The highest BCUT2D eigenvalue weighted by Crippen LogP contribution is 2.42. The maximum absolute atomic E-state index is 7.35. The van der Waals surface area contributed by atoms with Crippen molar-refractivity contribution in [1.82, 2.24) is 0 Å². The van der Waals surface area contributed by atoms with Gasteiger partial charge in [-0.1, -0.05) is 30.3 Å². The Balaban J connectivity index is 1.63. The first-order valence-corrected chi connectivity index (χ1v) is 11.6. The number of para-hydroxylation sites is 1. The molecule has 0 N–H and O–H groups in total. The van der Waals surface area contributed by atoms with Crippen LogP contribution in [-0.2, 0) is 7.05 Å². The van der Waals surface area contributed by atoms with Crippen LogP contribution in [0, 0.1) is 20.4 Å². The molecule has 0 saturated carbocycles. The molecule has 0 saturated heterocycles. The van der Waals surface area contributed by atoms with E-state index >= 15 is 0 Å². The summed E-state index contributed by atoms with van der Waals surface area (Å²) in [5.74, 6) is 0. The van der Waals surface area contributed by atoms with Gasteiger partial charge < -0.3 is 8.83 Å². The van der Waals surface area contributed by atoms with E-state index in [0.29, 0.717) is 5.69 Å². The molecule has 3 aromatic heterocycles. The summed E-state index contributed by atoms with van der Waals surface area (Å²) < 4.78 is 15.0. The predicted octanol–water partition coefficient (Wildman–Crippen LogP) is 8.30. The van der Waals surface area contributed by atoms with Gasteiger partial charge in [0.2, 0.25) is 5.69 Å². The summed E-state index contributed by atoms with van der Waals surface area (Å²) in [7, 11) is 2.08. The van der Waals surface area contributed by atoms with Gasteiger partial charge in [-0.2, -0.15) is 0 Å². The van der Waals surface area contributed by atoms with Crippen LogP contribution in [0.4, 0.5) is 5.69 Å². The van der Waals surface area contributed by atoms with E-state index in [1.165, 1.54) is 11.1 Å². The fourth-order valence-electron chi connectivity index (χ4n) is 5.42. The molecular formula is C31H21N2O2+. The molecule has 0 radical (unpaired) electrons. The monoisotopic (exact) mass is 453 g/mol. The molecule has 0 aliphatic rings. The molecule has 0 amide bonds. The average molecular weight is 454 g/mol. The van der Waals surface area contributed by atoms with Crippen LogP contribution in [0.5, 0.6) is 0 Å². The molecule has 0 atom stereocenters. The SMILES string of the molecule is [C-]#[N+]c1ccc2c(c1)oc1c3cc[n+](C)c(-c4c(C)c(C)cc5c4oc4ccccc45)c3ccc21. The maximum atomic E-state index is 7.35. The standard InChI is InChI=1S/C31H21N2O2/c1-17-15-25-20-7-5-6-8-26(20)34-31(25)28(18(17)2)29-22-11-12-23-21-10-9-19(32-3)16-27(21)35-30(23)24(22)13-14-33(29)4/h5-16H,1-2,4H3/q+1. The minimum Gasteiger partial charge on any atom is -0.457 e. The average Bonchev–Trinajstić information content (AvgIpc) is 3.43. The summed E-state index contributed by atoms with van der Waals surface area (Å²) in [5, 5.41) is 6.48. The molecule has 0 bridgehead atoms. The van der Waals surface area contributed by atoms with Gasteiger partial charge in [0.15, 0.2) is 11.9 Å². The summed E-state index contributed by atoms with van der Waals surface area (Å²) in [6, 6.07) is 22.5. The van der Waals surface area contributed by atoms with E-state index < -0.39 is 0 Å². The zero-order valence-electron chi connectivity index (χ0n) is 19.6. The van der Waals surface area contributed by atoms with Crippen molar-refractivity contribution in [3.05, 3.63) is 95.5 Å². The summed E-state index contributed by atoms with van der Waals surface area (Å²) in [6.07, 6.45) is 2.09. The lowest BCUT2D eigenvalue weighted by molar-refractivity contribution is -0.659. The number of aryl methyl sites for hydroxylation is 2. The van der Waals surface area contributed by atoms with Crippen LogP contribution in [0.2, 0.25) is 0 Å². The van der Waals surface area contributed by atoms with Crippen molar-refractivity contribution in [2.24, 2.45) is 7.05 Å². The van der Waals surface area contributed by atoms with Crippen LogP contribution in [0.15, 0.2) is 81.8 Å². The Hall–Kier alpha value is -4.62. The Kier molecular flexibility index (Phi) is 3.93. The zero-order valence-corrected chi connectivity index (χ0v) is 19.6. The first kappa shape index (κ1) is 19.8. The molecule has 4 heteroatoms. The summed E-state index contributed by atoms with van der Waals surface area (Å²) in [6.45, 7) is 11.7. The molecule has 4 aromatic carbocycles. The lowest BCUT2D eigenvalue weighted by atomic mass is 9.93. The van der Waals surface area contributed by atoms with E-state index in [2.05, 4.69) is 72.9 Å². The van der Waals surface area contributed by atoms with Crippen LogP contribution in [0.1, 0.15) is 11.1 Å². The quantitative estimate of drug-likeness (QED) is 0.185. The highest BCUT2D eigenvalue weighted by Gasteiger charge is 2.26. The molecule has 0 fully saturated rings. The van der Waals surface area contributed by atoms with E-state index in [4.69, 9.17) is 15.4 Å². The predicted molar refractivity (Wildman–Crippen MR) is 141 cm³/mol. The molecule has 4 nitrogen and oxygen atoms in total. The van der Waals surface area contributed by atoms with Gasteiger partial charge in [0.25, 0.3) is 0 Å². The summed E-state index contributed by atoms with van der Waals surface area (Å²) in [4.78, 5) is 3.56.